The Labute approximate surface area is 173 Å². The summed E-state index contributed by atoms with van der Waals surface area (Å²) in [7, 11) is 0. The van der Waals surface area contributed by atoms with Crippen molar-refractivity contribution in [2.45, 2.75) is 43.2 Å². The van der Waals surface area contributed by atoms with Crippen molar-refractivity contribution in [3.05, 3.63) is 69.1 Å². The Hall–Kier alpha value is -2.00. The Balaban J connectivity index is 2.04. The molecule has 7 heteroatoms. The number of benzene rings is 1. The maximum Gasteiger partial charge on any atom is 0.140 e. The van der Waals surface area contributed by atoms with Gasteiger partial charge in [-0.2, -0.15) is 10.4 Å². The molecule has 2 aromatic heterocycles. The van der Waals surface area contributed by atoms with Crippen LogP contribution in [0.2, 0.25) is 10.0 Å². The van der Waals surface area contributed by atoms with Crippen molar-refractivity contribution in [1.29, 1.82) is 5.26 Å². The van der Waals surface area contributed by atoms with Gasteiger partial charge in [-0.3, -0.25) is 4.68 Å². The fourth-order valence-electron chi connectivity index (χ4n) is 2.74. The first kappa shape index (κ1) is 19.8. The van der Waals surface area contributed by atoms with Crippen molar-refractivity contribution in [2.75, 3.05) is 0 Å². The fourth-order valence-corrected chi connectivity index (χ4v) is 4.68. The molecule has 0 aliphatic heterocycles. The molecule has 0 atom stereocenters. The predicted octanol–water partition coefficient (Wildman–Crippen LogP) is 6.09. The lowest BCUT2D eigenvalue weighted by molar-refractivity contribution is 0.489. The summed E-state index contributed by atoms with van der Waals surface area (Å²) in [6, 6.07) is 13.3. The molecule has 0 aliphatic carbocycles. The quantitative estimate of drug-likeness (QED) is 0.504. The van der Waals surface area contributed by atoms with E-state index < -0.39 is 0 Å². The minimum atomic E-state index is 0.202. The number of nitriles is 1. The molecule has 27 heavy (non-hydrogen) atoms. The molecule has 0 bridgehead atoms. The zero-order valence-electron chi connectivity index (χ0n) is 15.2. The zero-order valence-corrected chi connectivity index (χ0v) is 17.5. The standard InChI is InChI=1S/C20H18Cl2N4S/c1-12(2)26-20(27-18-8-14(21)7-15(22)9-18)19(13(3)25-26)10-16-5-4-6-17(11-23)24-16/h4-9,12H,10H2,1-3H3. The van der Waals surface area contributed by atoms with Gasteiger partial charge in [-0.15, -0.1) is 0 Å². The summed E-state index contributed by atoms with van der Waals surface area (Å²) in [5.41, 5.74) is 3.29. The van der Waals surface area contributed by atoms with Gasteiger partial charge in [-0.05, 0) is 51.1 Å². The normalized spacial score (nSPS) is 11.0. The topological polar surface area (TPSA) is 54.5 Å². The van der Waals surface area contributed by atoms with Crippen molar-refractivity contribution in [3.63, 3.8) is 0 Å². The van der Waals surface area contributed by atoms with Crippen LogP contribution >= 0.6 is 35.0 Å². The Bertz CT molecular complexity index is 1000. The van der Waals surface area contributed by atoms with Crippen LogP contribution in [-0.4, -0.2) is 14.8 Å². The van der Waals surface area contributed by atoms with Crippen LogP contribution in [0.1, 0.15) is 42.5 Å². The molecule has 2 heterocycles. The summed E-state index contributed by atoms with van der Waals surface area (Å²) < 4.78 is 2.01. The van der Waals surface area contributed by atoms with Gasteiger partial charge in [0.1, 0.15) is 16.8 Å². The summed E-state index contributed by atoms with van der Waals surface area (Å²) in [5.74, 6) is 0. The van der Waals surface area contributed by atoms with Crippen LogP contribution in [0.3, 0.4) is 0 Å². The Morgan fingerprint density at radius 1 is 1.19 bits per heavy atom. The second-order valence-corrected chi connectivity index (χ2v) is 8.35. The molecule has 0 saturated heterocycles. The molecule has 3 rings (SSSR count). The van der Waals surface area contributed by atoms with Crippen molar-refractivity contribution in [2.24, 2.45) is 0 Å². The molecule has 0 spiro atoms. The van der Waals surface area contributed by atoms with E-state index in [0.717, 1.165) is 26.9 Å². The Kier molecular flexibility index (Phi) is 6.11. The van der Waals surface area contributed by atoms with Gasteiger partial charge in [0.05, 0.1) is 5.69 Å². The molecule has 0 saturated carbocycles. The second kappa shape index (κ2) is 8.35. The van der Waals surface area contributed by atoms with Gasteiger partial charge in [-0.1, -0.05) is 41.0 Å². The second-order valence-electron chi connectivity index (χ2n) is 6.42. The van der Waals surface area contributed by atoms with Gasteiger partial charge in [0.15, 0.2) is 0 Å². The largest absolute Gasteiger partial charge is 0.256 e. The molecular weight excluding hydrogens is 399 g/mol. The molecule has 0 unspecified atom stereocenters. The summed E-state index contributed by atoms with van der Waals surface area (Å²) in [4.78, 5) is 5.36. The summed E-state index contributed by atoms with van der Waals surface area (Å²) >= 11 is 13.9. The van der Waals surface area contributed by atoms with Crippen LogP contribution in [0.5, 0.6) is 0 Å². The van der Waals surface area contributed by atoms with Crippen molar-refractivity contribution >= 4 is 35.0 Å². The molecule has 0 radical (unpaired) electrons. The van der Waals surface area contributed by atoms with Gasteiger partial charge in [0, 0.05) is 38.7 Å². The van der Waals surface area contributed by atoms with Crippen LogP contribution < -0.4 is 0 Å². The first-order valence-electron chi connectivity index (χ1n) is 8.45. The number of rotatable bonds is 5. The van der Waals surface area contributed by atoms with E-state index in [-0.39, 0.29) is 6.04 Å². The van der Waals surface area contributed by atoms with E-state index >= 15 is 0 Å². The third-order valence-electron chi connectivity index (χ3n) is 3.98. The summed E-state index contributed by atoms with van der Waals surface area (Å²) in [6.07, 6.45) is 0.602. The first-order chi connectivity index (χ1) is 12.9. The van der Waals surface area contributed by atoms with Gasteiger partial charge < -0.3 is 0 Å². The highest BCUT2D eigenvalue weighted by Gasteiger charge is 2.19. The fraction of sp³-hybridized carbons (Fsp3) is 0.250. The van der Waals surface area contributed by atoms with Gasteiger partial charge in [-0.25, -0.2) is 4.98 Å². The van der Waals surface area contributed by atoms with Crippen molar-refractivity contribution in [3.8, 4) is 6.07 Å². The zero-order chi connectivity index (χ0) is 19.6. The number of aromatic nitrogens is 3. The number of hydrogen-bond acceptors (Lipinski definition) is 4. The van der Waals surface area contributed by atoms with E-state index in [9.17, 15) is 0 Å². The van der Waals surface area contributed by atoms with Crippen LogP contribution in [0, 0.1) is 18.3 Å². The van der Waals surface area contributed by atoms with Gasteiger partial charge >= 0.3 is 0 Å². The third-order valence-corrected chi connectivity index (χ3v) is 5.51. The minimum absolute atomic E-state index is 0.202. The average Bonchev–Trinajstić information content (AvgIpc) is 2.91. The maximum absolute atomic E-state index is 9.10. The molecule has 4 nitrogen and oxygen atoms in total. The highest BCUT2D eigenvalue weighted by molar-refractivity contribution is 7.99. The molecule has 0 aliphatic rings. The lowest BCUT2D eigenvalue weighted by atomic mass is 10.1. The lowest BCUT2D eigenvalue weighted by Crippen LogP contribution is -2.05. The maximum atomic E-state index is 9.10. The first-order valence-corrected chi connectivity index (χ1v) is 10.0. The molecule has 138 valence electrons. The molecule has 1 aromatic carbocycles. The molecular formula is C20H18Cl2N4S. The van der Waals surface area contributed by atoms with E-state index in [0.29, 0.717) is 22.2 Å². The average molecular weight is 417 g/mol. The Morgan fingerprint density at radius 2 is 1.89 bits per heavy atom. The van der Waals surface area contributed by atoms with Crippen molar-refractivity contribution < 1.29 is 0 Å². The smallest absolute Gasteiger partial charge is 0.140 e. The monoisotopic (exact) mass is 416 g/mol. The molecule has 3 aromatic rings. The third kappa shape index (κ3) is 4.65. The van der Waals surface area contributed by atoms with Crippen LogP contribution in [0.25, 0.3) is 0 Å². The minimum Gasteiger partial charge on any atom is -0.256 e. The van der Waals surface area contributed by atoms with Crippen molar-refractivity contribution in [1.82, 2.24) is 14.8 Å². The Morgan fingerprint density at radius 3 is 2.52 bits per heavy atom. The van der Waals surface area contributed by atoms with E-state index in [1.807, 2.05) is 35.9 Å². The van der Waals surface area contributed by atoms with Crippen LogP contribution in [-0.2, 0) is 6.42 Å². The summed E-state index contributed by atoms with van der Waals surface area (Å²) in [6.45, 7) is 6.19. The van der Waals surface area contributed by atoms with Gasteiger partial charge in [0.2, 0.25) is 0 Å². The molecule has 0 amide bonds. The van der Waals surface area contributed by atoms with E-state index in [4.69, 9.17) is 33.6 Å². The predicted molar refractivity (Wildman–Crippen MR) is 110 cm³/mol. The van der Waals surface area contributed by atoms with Crippen LogP contribution in [0.4, 0.5) is 0 Å². The van der Waals surface area contributed by atoms with E-state index in [2.05, 4.69) is 24.9 Å². The highest BCUT2D eigenvalue weighted by atomic mass is 35.5. The van der Waals surface area contributed by atoms with Crippen LogP contribution in [0.15, 0.2) is 46.3 Å². The number of halogens is 2. The summed E-state index contributed by atoms with van der Waals surface area (Å²) in [5, 5.41) is 16.1. The van der Waals surface area contributed by atoms with E-state index in [1.165, 1.54) is 0 Å². The lowest BCUT2D eigenvalue weighted by Gasteiger charge is -2.13. The number of pyridine rings is 1. The SMILES string of the molecule is Cc1nn(C(C)C)c(Sc2cc(Cl)cc(Cl)c2)c1Cc1cccc(C#N)n1. The van der Waals surface area contributed by atoms with Gasteiger partial charge in [0.25, 0.3) is 0 Å². The number of hydrogen-bond donors (Lipinski definition) is 0. The number of nitrogens with zero attached hydrogens (tertiary/aromatic N) is 4. The molecule has 0 fully saturated rings. The number of aryl methyl sites for hydroxylation is 1. The van der Waals surface area contributed by atoms with E-state index in [1.54, 1.807) is 23.9 Å². The molecule has 0 N–H and O–H groups in total. The highest BCUT2D eigenvalue weighted by Crippen LogP contribution is 2.37.